The van der Waals surface area contributed by atoms with Crippen molar-refractivity contribution in [1.82, 2.24) is 0 Å². The van der Waals surface area contributed by atoms with Crippen molar-refractivity contribution in [2.75, 3.05) is 4.90 Å². The molecular weight excluding hydrogens is 651 g/mol. The van der Waals surface area contributed by atoms with Crippen LogP contribution < -0.4 is 4.90 Å². The van der Waals surface area contributed by atoms with Crippen molar-refractivity contribution in [2.45, 2.75) is 6.92 Å². The molecule has 0 radical (unpaired) electrons. The Kier molecular flexibility index (Phi) is 6.37. The largest absolute Gasteiger partial charge is 0.453 e. The lowest BCUT2D eigenvalue weighted by atomic mass is 9.94. The molecule has 244 valence electrons. The molecule has 0 bridgehead atoms. The Morgan fingerprint density at radius 2 is 1.13 bits per heavy atom. The van der Waals surface area contributed by atoms with Gasteiger partial charge in [0, 0.05) is 42.0 Å². The van der Waals surface area contributed by atoms with Gasteiger partial charge in [0.05, 0.1) is 11.4 Å². The first-order valence-electron chi connectivity index (χ1n) is 17.8. The lowest BCUT2D eigenvalue weighted by Crippen LogP contribution is -2.10. The number of fused-ring (bicyclic) bond motifs is 15. The first-order chi connectivity index (χ1) is 25.8. The lowest BCUT2D eigenvalue weighted by Gasteiger charge is -2.27. The first-order valence-corrected chi connectivity index (χ1v) is 18.6. The molecule has 2 heterocycles. The second-order valence-corrected chi connectivity index (χ2v) is 14.6. The third kappa shape index (κ3) is 4.17. The van der Waals surface area contributed by atoms with E-state index in [1.807, 2.05) is 11.3 Å². The quantitative estimate of drug-likeness (QED) is 0.172. The molecule has 0 amide bonds. The number of allylic oxidation sites excluding steroid dienone is 1. The van der Waals surface area contributed by atoms with Crippen molar-refractivity contribution >= 4 is 120 Å². The van der Waals surface area contributed by atoms with Crippen molar-refractivity contribution in [3.05, 3.63) is 169 Å². The summed E-state index contributed by atoms with van der Waals surface area (Å²) in [7, 11) is 0. The van der Waals surface area contributed by atoms with Crippen LogP contribution in [0.3, 0.4) is 0 Å². The van der Waals surface area contributed by atoms with Crippen LogP contribution in [-0.2, 0) is 0 Å². The third-order valence-electron chi connectivity index (χ3n) is 10.7. The van der Waals surface area contributed by atoms with Gasteiger partial charge >= 0.3 is 0 Å². The molecule has 9 aromatic carbocycles. The van der Waals surface area contributed by atoms with E-state index in [1.165, 1.54) is 63.4 Å². The van der Waals surface area contributed by atoms with E-state index in [9.17, 15) is 0 Å². The van der Waals surface area contributed by atoms with Gasteiger partial charge in [0.2, 0.25) is 0 Å². The molecule has 0 aliphatic carbocycles. The number of thiophene rings is 1. The Morgan fingerprint density at radius 3 is 1.92 bits per heavy atom. The highest BCUT2D eigenvalue weighted by molar-refractivity contribution is 7.26. The average Bonchev–Trinajstić information content (AvgIpc) is 3.80. The van der Waals surface area contributed by atoms with E-state index in [0.717, 1.165) is 44.4 Å². The van der Waals surface area contributed by atoms with Crippen molar-refractivity contribution in [3.63, 3.8) is 0 Å². The molecule has 0 unspecified atom stereocenters. The van der Waals surface area contributed by atoms with Gasteiger partial charge in [0.1, 0.15) is 5.58 Å². The molecule has 0 fully saturated rings. The minimum Gasteiger partial charge on any atom is -0.453 e. The van der Waals surface area contributed by atoms with Gasteiger partial charge in [0.25, 0.3) is 0 Å². The first kappa shape index (κ1) is 29.3. The highest BCUT2D eigenvalue weighted by atomic mass is 32.1. The number of rotatable bonds is 4. The zero-order valence-corrected chi connectivity index (χ0v) is 29.2. The van der Waals surface area contributed by atoms with Gasteiger partial charge in [-0.3, -0.25) is 0 Å². The second-order valence-electron chi connectivity index (χ2n) is 13.6. The van der Waals surface area contributed by atoms with E-state index in [2.05, 4.69) is 182 Å². The zero-order chi connectivity index (χ0) is 34.3. The standard InChI is InChI=1S/C49H31NOS/c1-2-12-30-23-26-33(27-24-30)50(41-21-11-22-43-44(41)40-28-25-31-13-3-6-16-35(31)49(40)52-43)42-29-32-14-4-5-15-34(32)45-46-38-19-9-7-17-36(38)37-18-8-10-20-39(37)47(46)51-48(42)45/h2-29H,1H3/b12-2+. The number of benzene rings is 9. The van der Waals surface area contributed by atoms with Crippen LogP contribution >= 0.6 is 11.3 Å². The maximum atomic E-state index is 7.29. The van der Waals surface area contributed by atoms with E-state index in [-0.39, 0.29) is 0 Å². The molecule has 0 atom stereocenters. The monoisotopic (exact) mass is 681 g/mol. The van der Waals surface area contributed by atoms with E-state index in [1.54, 1.807) is 0 Å². The van der Waals surface area contributed by atoms with E-state index in [0.29, 0.717) is 0 Å². The van der Waals surface area contributed by atoms with Crippen LogP contribution in [0.1, 0.15) is 12.5 Å². The Labute approximate surface area is 304 Å². The minimum absolute atomic E-state index is 0.884. The van der Waals surface area contributed by atoms with Crippen LogP contribution in [0.2, 0.25) is 0 Å². The highest BCUT2D eigenvalue weighted by Gasteiger charge is 2.26. The van der Waals surface area contributed by atoms with Crippen molar-refractivity contribution in [3.8, 4) is 0 Å². The summed E-state index contributed by atoms with van der Waals surface area (Å²) in [6, 6.07) is 57.5. The average molecular weight is 682 g/mol. The smallest absolute Gasteiger partial charge is 0.160 e. The van der Waals surface area contributed by atoms with Crippen molar-refractivity contribution < 1.29 is 4.42 Å². The van der Waals surface area contributed by atoms with Gasteiger partial charge in [0.15, 0.2) is 5.58 Å². The fourth-order valence-electron chi connectivity index (χ4n) is 8.45. The maximum absolute atomic E-state index is 7.29. The molecule has 11 aromatic rings. The predicted octanol–water partition coefficient (Wildman–Crippen LogP) is 15.1. The number of anilines is 3. The molecular formula is C49H31NOS. The summed E-state index contributed by atoms with van der Waals surface area (Å²) in [6.45, 7) is 2.06. The van der Waals surface area contributed by atoms with Crippen LogP contribution in [-0.4, -0.2) is 0 Å². The fraction of sp³-hybridized carbons (Fsp3) is 0.0204. The minimum atomic E-state index is 0.884. The second kappa shape index (κ2) is 11.3. The summed E-state index contributed by atoms with van der Waals surface area (Å²) in [4.78, 5) is 2.44. The number of hydrogen-bond donors (Lipinski definition) is 0. The van der Waals surface area contributed by atoms with Crippen LogP contribution in [0.15, 0.2) is 168 Å². The number of nitrogens with zero attached hydrogens (tertiary/aromatic N) is 1. The van der Waals surface area contributed by atoms with E-state index >= 15 is 0 Å². The normalized spacial score (nSPS) is 12.2. The van der Waals surface area contributed by atoms with Gasteiger partial charge in [-0.15, -0.1) is 11.3 Å². The van der Waals surface area contributed by atoms with Crippen molar-refractivity contribution in [2.24, 2.45) is 0 Å². The molecule has 0 saturated carbocycles. The third-order valence-corrected chi connectivity index (χ3v) is 11.9. The Balaban J connectivity index is 1.32. The molecule has 2 aromatic heterocycles. The maximum Gasteiger partial charge on any atom is 0.160 e. The van der Waals surface area contributed by atoms with Gasteiger partial charge in [-0.05, 0) is 80.5 Å². The SMILES string of the molecule is C/C=C/c1ccc(N(c2cc3ccccc3c3c2oc2c4ccccc4c4ccccc4c23)c2cccc3sc4c5ccccc5ccc4c23)cc1. The summed E-state index contributed by atoms with van der Waals surface area (Å²) < 4.78 is 9.86. The Hall–Kier alpha value is -6.42. The Bertz CT molecular complexity index is 3250. The summed E-state index contributed by atoms with van der Waals surface area (Å²) >= 11 is 1.88. The molecule has 11 rings (SSSR count). The Morgan fingerprint density at radius 1 is 0.481 bits per heavy atom. The van der Waals surface area contributed by atoms with Crippen LogP contribution in [0.5, 0.6) is 0 Å². The van der Waals surface area contributed by atoms with Gasteiger partial charge < -0.3 is 9.32 Å². The topological polar surface area (TPSA) is 16.4 Å². The number of furan rings is 1. The van der Waals surface area contributed by atoms with Gasteiger partial charge in [-0.2, -0.15) is 0 Å². The lowest BCUT2D eigenvalue weighted by molar-refractivity contribution is 0.673. The molecule has 0 spiro atoms. The van der Waals surface area contributed by atoms with Crippen LogP contribution in [0.4, 0.5) is 17.1 Å². The summed E-state index contributed by atoms with van der Waals surface area (Å²) in [5.74, 6) is 0. The van der Waals surface area contributed by atoms with E-state index < -0.39 is 0 Å². The van der Waals surface area contributed by atoms with Crippen LogP contribution in [0.25, 0.3) is 91.3 Å². The molecule has 0 aliphatic rings. The summed E-state index contributed by atoms with van der Waals surface area (Å²) in [5, 5.41) is 14.5. The summed E-state index contributed by atoms with van der Waals surface area (Å²) in [6.07, 6.45) is 4.24. The highest BCUT2D eigenvalue weighted by Crippen LogP contribution is 2.51. The summed E-state index contributed by atoms with van der Waals surface area (Å²) in [5.41, 5.74) is 6.20. The molecule has 2 nitrogen and oxygen atoms in total. The molecule has 0 saturated heterocycles. The predicted molar refractivity (Wildman–Crippen MR) is 226 cm³/mol. The zero-order valence-electron chi connectivity index (χ0n) is 28.4. The van der Waals surface area contributed by atoms with Gasteiger partial charge in [-0.1, -0.05) is 140 Å². The number of hydrogen-bond acceptors (Lipinski definition) is 3. The molecule has 3 heteroatoms. The molecule has 52 heavy (non-hydrogen) atoms. The van der Waals surface area contributed by atoms with Crippen molar-refractivity contribution in [1.29, 1.82) is 0 Å². The van der Waals surface area contributed by atoms with Gasteiger partial charge in [-0.25, -0.2) is 0 Å². The fourth-order valence-corrected chi connectivity index (χ4v) is 9.71. The van der Waals surface area contributed by atoms with E-state index in [4.69, 9.17) is 4.42 Å². The molecule has 0 aliphatic heterocycles. The molecule has 0 N–H and O–H groups in total. The van der Waals surface area contributed by atoms with Crippen LogP contribution in [0, 0.1) is 0 Å².